The van der Waals surface area contributed by atoms with Gasteiger partial charge in [0, 0.05) is 0 Å². The second-order valence-electron chi connectivity index (χ2n) is 3.56. The first-order valence-electron chi connectivity index (χ1n) is 5.04. The third-order valence-corrected chi connectivity index (χ3v) is 2.25. The first-order valence-corrected chi connectivity index (χ1v) is 5.04. The lowest BCUT2D eigenvalue weighted by atomic mass is 10.1. The summed E-state index contributed by atoms with van der Waals surface area (Å²) in [6, 6.07) is 3.69. The van der Waals surface area contributed by atoms with E-state index >= 15 is 0 Å². The number of benzene rings is 1. The Morgan fingerprint density at radius 3 is 2.94 bits per heavy atom. The van der Waals surface area contributed by atoms with Gasteiger partial charge >= 0.3 is 0 Å². The number of ether oxygens (including phenoxy) is 3. The molecule has 2 rings (SSSR count). The number of rotatable bonds is 3. The van der Waals surface area contributed by atoms with Crippen LogP contribution >= 0.6 is 0 Å². The molecule has 1 N–H and O–H groups in total. The van der Waals surface area contributed by atoms with E-state index in [0.29, 0.717) is 17.2 Å². The SMILES string of the molecule is COc1cc(/C=C/[C@@H](C)O)cc2c1OCO2. The van der Waals surface area contributed by atoms with Gasteiger partial charge in [-0.25, -0.2) is 0 Å². The lowest BCUT2D eigenvalue weighted by molar-refractivity contribution is 0.171. The zero-order valence-electron chi connectivity index (χ0n) is 9.27. The van der Waals surface area contributed by atoms with Gasteiger partial charge in [0.2, 0.25) is 12.5 Å². The van der Waals surface area contributed by atoms with Crippen LogP contribution < -0.4 is 14.2 Å². The molecule has 0 aliphatic carbocycles. The van der Waals surface area contributed by atoms with Gasteiger partial charge in [-0.15, -0.1) is 0 Å². The molecule has 86 valence electrons. The average Bonchev–Trinajstić information content (AvgIpc) is 2.73. The molecule has 0 amide bonds. The van der Waals surface area contributed by atoms with E-state index in [4.69, 9.17) is 19.3 Å². The van der Waals surface area contributed by atoms with Crippen molar-refractivity contribution in [3.8, 4) is 17.2 Å². The van der Waals surface area contributed by atoms with Crippen molar-refractivity contribution >= 4 is 6.08 Å². The molecular formula is C12H14O4. The van der Waals surface area contributed by atoms with Crippen molar-refractivity contribution in [1.82, 2.24) is 0 Å². The van der Waals surface area contributed by atoms with E-state index in [9.17, 15) is 0 Å². The Balaban J connectivity index is 2.34. The highest BCUT2D eigenvalue weighted by molar-refractivity contribution is 5.62. The van der Waals surface area contributed by atoms with Crippen molar-refractivity contribution < 1.29 is 19.3 Å². The lowest BCUT2D eigenvalue weighted by Gasteiger charge is -2.05. The third-order valence-electron chi connectivity index (χ3n) is 2.25. The summed E-state index contributed by atoms with van der Waals surface area (Å²) in [7, 11) is 1.58. The van der Waals surface area contributed by atoms with Crippen molar-refractivity contribution in [1.29, 1.82) is 0 Å². The molecular weight excluding hydrogens is 208 g/mol. The molecule has 1 aromatic rings. The largest absolute Gasteiger partial charge is 0.493 e. The standard InChI is InChI=1S/C12H14O4/c1-8(13)3-4-9-5-10(14-2)12-11(6-9)15-7-16-12/h3-6,8,13H,7H2,1-2H3/b4-3+/t8-/m1/s1. The predicted octanol–water partition coefficient (Wildman–Crippen LogP) is 1.82. The minimum atomic E-state index is -0.476. The highest BCUT2D eigenvalue weighted by Gasteiger charge is 2.19. The average molecular weight is 222 g/mol. The van der Waals surface area contributed by atoms with Gasteiger partial charge in [0.1, 0.15) is 0 Å². The maximum Gasteiger partial charge on any atom is 0.231 e. The van der Waals surface area contributed by atoms with Crippen LogP contribution in [0.5, 0.6) is 17.2 Å². The van der Waals surface area contributed by atoms with Crippen molar-refractivity contribution in [2.75, 3.05) is 13.9 Å². The van der Waals surface area contributed by atoms with Crippen LogP contribution in [0.15, 0.2) is 18.2 Å². The zero-order chi connectivity index (χ0) is 11.5. The van der Waals surface area contributed by atoms with E-state index in [0.717, 1.165) is 5.56 Å². The normalized spacial score (nSPS) is 15.4. The molecule has 1 aliphatic heterocycles. The predicted molar refractivity (Wildman–Crippen MR) is 59.8 cm³/mol. The number of hydrogen-bond acceptors (Lipinski definition) is 4. The van der Waals surface area contributed by atoms with Crippen LogP contribution in [0.2, 0.25) is 0 Å². The Hall–Kier alpha value is -1.68. The van der Waals surface area contributed by atoms with Crippen LogP contribution in [0.4, 0.5) is 0 Å². The number of fused-ring (bicyclic) bond motifs is 1. The number of aliphatic hydroxyl groups excluding tert-OH is 1. The topological polar surface area (TPSA) is 47.9 Å². The van der Waals surface area contributed by atoms with E-state index in [-0.39, 0.29) is 6.79 Å². The van der Waals surface area contributed by atoms with Gasteiger partial charge in [0.05, 0.1) is 13.2 Å². The summed E-state index contributed by atoms with van der Waals surface area (Å²) in [5.41, 5.74) is 0.905. The summed E-state index contributed by atoms with van der Waals surface area (Å²) in [4.78, 5) is 0. The molecule has 0 spiro atoms. The van der Waals surface area contributed by atoms with E-state index in [1.807, 2.05) is 18.2 Å². The Morgan fingerprint density at radius 2 is 2.25 bits per heavy atom. The molecule has 4 heteroatoms. The van der Waals surface area contributed by atoms with Gasteiger partial charge in [-0.05, 0) is 24.6 Å². The summed E-state index contributed by atoms with van der Waals surface area (Å²) in [5, 5.41) is 9.16. The fourth-order valence-electron chi connectivity index (χ4n) is 1.50. The molecule has 0 saturated carbocycles. The third kappa shape index (κ3) is 2.12. The zero-order valence-corrected chi connectivity index (χ0v) is 9.27. The molecule has 0 saturated heterocycles. The molecule has 16 heavy (non-hydrogen) atoms. The minimum Gasteiger partial charge on any atom is -0.493 e. The van der Waals surface area contributed by atoms with Crippen LogP contribution in [0.25, 0.3) is 6.08 Å². The van der Waals surface area contributed by atoms with E-state index in [1.54, 1.807) is 20.1 Å². The highest BCUT2D eigenvalue weighted by atomic mass is 16.7. The van der Waals surface area contributed by atoms with E-state index in [2.05, 4.69) is 0 Å². The monoisotopic (exact) mass is 222 g/mol. The van der Waals surface area contributed by atoms with Gasteiger partial charge in [-0.1, -0.05) is 12.2 Å². The lowest BCUT2D eigenvalue weighted by Crippen LogP contribution is -1.93. The van der Waals surface area contributed by atoms with Gasteiger partial charge in [0.15, 0.2) is 11.5 Å². The van der Waals surface area contributed by atoms with Crippen LogP contribution in [0, 0.1) is 0 Å². The highest BCUT2D eigenvalue weighted by Crippen LogP contribution is 2.42. The van der Waals surface area contributed by atoms with Crippen molar-refractivity contribution in [3.05, 3.63) is 23.8 Å². The molecule has 0 bridgehead atoms. The van der Waals surface area contributed by atoms with Gasteiger partial charge in [0.25, 0.3) is 0 Å². The molecule has 0 fully saturated rings. The second kappa shape index (κ2) is 4.45. The quantitative estimate of drug-likeness (QED) is 0.847. The summed E-state index contributed by atoms with van der Waals surface area (Å²) < 4.78 is 15.8. The molecule has 1 heterocycles. The number of hydrogen-bond donors (Lipinski definition) is 1. The van der Waals surface area contributed by atoms with Crippen molar-refractivity contribution in [2.45, 2.75) is 13.0 Å². The Kier molecular flexibility index (Phi) is 3.01. The van der Waals surface area contributed by atoms with E-state index in [1.165, 1.54) is 0 Å². The Bertz CT molecular complexity index is 410. The fraction of sp³-hybridized carbons (Fsp3) is 0.333. The molecule has 1 aliphatic rings. The number of methoxy groups -OCH3 is 1. The maximum atomic E-state index is 9.16. The summed E-state index contributed by atoms with van der Waals surface area (Å²) in [6.45, 7) is 1.91. The molecule has 4 nitrogen and oxygen atoms in total. The molecule has 0 unspecified atom stereocenters. The smallest absolute Gasteiger partial charge is 0.231 e. The molecule has 0 radical (unpaired) electrons. The molecule has 1 aromatic carbocycles. The van der Waals surface area contributed by atoms with Crippen LogP contribution in [-0.2, 0) is 0 Å². The maximum absolute atomic E-state index is 9.16. The van der Waals surface area contributed by atoms with Gasteiger partial charge in [-0.2, -0.15) is 0 Å². The van der Waals surface area contributed by atoms with Crippen LogP contribution in [0.3, 0.4) is 0 Å². The number of aliphatic hydroxyl groups is 1. The molecule has 0 aromatic heterocycles. The minimum absolute atomic E-state index is 0.218. The molecule has 1 atom stereocenters. The second-order valence-corrected chi connectivity index (χ2v) is 3.56. The first-order chi connectivity index (χ1) is 7.70. The Labute approximate surface area is 94.1 Å². The van der Waals surface area contributed by atoms with Crippen molar-refractivity contribution in [3.63, 3.8) is 0 Å². The van der Waals surface area contributed by atoms with Crippen molar-refractivity contribution in [2.24, 2.45) is 0 Å². The summed E-state index contributed by atoms with van der Waals surface area (Å²) in [5.74, 6) is 1.95. The van der Waals surface area contributed by atoms with Gasteiger partial charge < -0.3 is 19.3 Å². The van der Waals surface area contributed by atoms with E-state index < -0.39 is 6.10 Å². The van der Waals surface area contributed by atoms with Crippen LogP contribution in [-0.4, -0.2) is 25.1 Å². The summed E-state index contributed by atoms with van der Waals surface area (Å²) >= 11 is 0. The first kappa shape index (κ1) is 10.8. The summed E-state index contributed by atoms with van der Waals surface area (Å²) in [6.07, 6.45) is 3.03. The Morgan fingerprint density at radius 1 is 1.44 bits per heavy atom. The van der Waals surface area contributed by atoms with Crippen LogP contribution in [0.1, 0.15) is 12.5 Å². The fourth-order valence-corrected chi connectivity index (χ4v) is 1.50. The van der Waals surface area contributed by atoms with Gasteiger partial charge in [-0.3, -0.25) is 0 Å².